The van der Waals surface area contributed by atoms with Crippen molar-refractivity contribution in [1.82, 2.24) is 0 Å². The second kappa shape index (κ2) is 7.43. The lowest BCUT2D eigenvalue weighted by atomic mass is 10.1. The number of nitro groups is 2. The van der Waals surface area contributed by atoms with Crippen molar-refractivity contribution in [2.24, 2.45) is 0 Å². The number of phenolic OH excluding ortho intramolecular Hbond substituents is 1. The topological polar surface area (TPSA) is 133 Å². The molecule has 0 fully saturated rings. The minimum Gasteiger partial charge on any atom is -0.500 e. The number of hydrogen-bond donors (Lipinski definition) is 1. The molecule has 0 aliphatic carbocycles. The van der Waals surface area contributed by atoms with Crippen molar-refractivity contribution in [1.29, 1.82) is 0 Å². The first kappa shape index (κ1) is 18.6. The Morgan fingerprint density at radius 3 is 2.35 bits per heavy atom. The van der Waals surface area contributed by atoms with Crippen molar-refractivity contribution < 1.29 is 24.5 Å². The van der Waals surface area contributed by atoms with E-state index in [-0.39, 0.29) is 22.6 Å². The first-order chi connectivity index (χ1) is 12.2. The molecule has 9 heteroatoms. The lowest BCUT2D eigenvalue weighted by molar-refractivity contribution is -0.386. The van der Waals surface area contributed by atoms with Gasteiger partial charge in [-0.25, -0.2) is 0 Å². The Labute approximate surface area is 147 Å². The summed E-state index contributed by atoms with van der Waals surface area (Å²) >= 11 is 0. The predicted molar refractivity (Wildman–Crippen MR) is 92.5 cm³/mol. The third kappa shape index (κ3) is 3.83. The fourth-order valence-electron chi connectivity index (χ4n) is 2.23. The number of nitrogens with zero attached hydrogens (tertiary/aromatic N) is 2. The van der Waals surface area contributed by atoms with Crippen molar-refractivity contribution in [2.45, 2.75) is 6.92 Å². The van der Waals surface area contributed by atoms with Gasteiger partial charge < -0.3 is 9.84 Å². The zero-order chi connectivity index (χ0) is 19.4. The number of methoxy groups -OCH3 is 1. The molecule has 0 amide bonds. The Bertz CT molecular complexity index is 935. The van der Waals surface area contributed by atoms with E-state index in [2.05, 4.69) is 0 Å². The highest BCUT2D eigenvalue weighted by atomic mass is 16.6. The van der Waals surface area contributed by atoms with Gasteiger partial charge in [-0.3, -0.25) is 25.0 Å². The normalized spacial score (nSPS) is 10.7. The number of phenols is 1. The molecule has 1 N–H and O–H groups in total. The number of aryl methyl sites for hydroxylation is 1. The number of nitro benzene ring substituents is 2. The maximum atomic E-state index is 12.2. The Morgan fingerprint density at radius 2 is 1.77 bits per heavy atom. The Kier molecular flexibility index (Phi) is 5.31. The number of benzene rings is 2. The van der Waals surface area contributed by atoms with Gasteiger partial charge in [0.25, 0.3) is 5.69 Å². The summed E-state index contributed by atoms with van der Waals surface area (Å²) in [5.41, 5.74) is 0.0446. The minimum atomic E-state index is -0.777. The summed E-state index contributed by atoms with van der Waals surface area (Å²) in [5.74, 6) is -1.24. The van der Waals surface area contributed by atoms with Gasteiger partial charge in [0, 0.05) is 23.3 Å². The maximum absolute atomic E-state index is 12.2. The van der Waals surface area contributed by atoms with Crippen molar-refractivity contribution in [2.75, 3.05) is 7.11 Å². The van der Waals surface area contributed by atoms with Crippen LogP contribution in [0.25, 0.3) is 6.08 Å². The molecule has 0 unspecified atom stereocenters. The van der Waals surface area contributed by atoms with Gasteiger partial charge in [0.15, 0.2) is 11.5 Å². The first-order valence-electron chi connectivity index (χ1n) is 7.27. The van der Waals surface area contributed by atoms with E-state index in [9.17, 15) is 30.1 Å². The van der Waals surface area contributed by atoms with Crippen LogP contribution in [0.1, 0.15) is 21.5 Å². The third-order valence-corrected chi connectivity index (χ3v) is 3.61. The van der Waals surface area contributed by atoms with Gasteiger partial charge in [0.05, 0.1) is 17.0 Å². The molecule has 0 aromatic heterocycles. The maximum Gasteiger partial charge on any atom is 0.315 e. The highest BCUT2D eigenvalue weighted by molar-refractivity contribution is 6.07. The molecular weight excluding hydrogens is 344 g/mol. The summed E-state index contributed by atoms with van der Waals surface area (Å²) in [6, 6.07) is 6.49. The lowest BCUT2D eigenvalue weighted by Gasteiger charge is -2.05. The fraction of sp³-hybridized carbons (Fsp3) is 0.118. The summed E-state index contributed by atoms with van der Waals surface area (Å²) < 4.78 is 4.87. The third-order valence-electron chi connectivity index (χ3n) is 3.61. The largest absolute Gasteiger partial charge is 0.500 e. The van der Waals surface area contributed by atoms with E-state index in [4.69, 9.17) is 4.74 Å². The second-order valence-electron chi connectivity index (χ2n) is 5.30. The van der Waals surface area contributed by atoms with Crippen LogP contribution in [0.3, 0.4) is 0 Å². The quantitative estimate of drug-likeness (QED) is 0.362. The molecule has 0 radical (unpaired) electrons. The average Bonchev–Trinajstić information content (AvgIpc) is 2.60. The first-order valence-corrected chi connectivity index (χ1v) is 7.27. The number of ether oxygens (including phenoxy) is 1. The van der Waals surface area contributed by atoms with Gasteiger partial charge in [-0.1, -0.05) is 18.2 Å². The molecule has 2 rings (SSSR count). The molecule has 0 saturated heterocycles. The molecule has 0 atom stereocenters. The molecule has 9 nitrogen and oxygen atoms in total. The van der Waals surface area contributed by atoms with Crippen molar-refractivity contribution >= 4 is 23.2 Å². The predicted octanol–water partition coefficient (Wildman–Crippen LogP) is 3.42. The number of carbonyl (C=O) groups excluding carboxylic acids is 1. The van der Waals surface area contributed by atoms with E-state index < -0.39 is 27.1 Å². The fourth-order valence-corrected chi connectivity index (χ4v) is 2.23. The Balaban J connectivity index is 2.36. The highest BCUT2D eigenvalue weighted by Gasteiger charge is 2.19. The van der Waals surface area contributed by atoms with Gasteiger partial charge in [-0.2, -0.15) is 0 Å². The van der Waals surface area contributed by atoms with E-state index in [0.29, 0.717) is 5.56 Å². The van der Waals surface area contributed by atoms with Crippen LogP contribution in [0, 0.1) is 27.2 Å². The zero-order valence-electron chi connectivity index (χ0n) is 13.8. The van der Waals surface area contributed by atoms with Crippen molar-refractivity contribution in [3.05, 3.63) is 73.3 Å². The Hall–Kier alpha value is -3.75. The Morgan fingerprint density at radius 1 is 1.12 bits per heavy atom. The van der Waals surface area contributed by atoms with Crippen LogP contribution in [-0.2, 0) is 0 Å². The van der Waals surface area contributed by atoms with Crippen LogP contribution in [0.2, 0.25) is 0 Å². The van der Waals surface area contributed by atoms with E-state index >= 15 is 0 Å². The lowest BCUT2D eigenvalue weighted by Crippen LogP contribution is -1.98. The van der Waals surface area contributed by atoms with Crippen LogP contribution in [0.5, 0.6) is 11.5 Å². The molecule has 0 aliphatic heterocycles. The minimum absolute atomic E-state index is 0.110. The number of rotatable bonds is 6. The number of ketones is 1. The van der Waals surface area contributed by atoms with Gasteiger partial charge in [-0.05, 0) is 24.6 Å². The average molecular weight is 358 g/mol. The molecular formula is C17H14N2O7. The SMILES string of the molecule is COc1cc(C=CC(=O)c2ccc(C)c([N+](=O)[O-])c2)cc([N+](=O)[O-])c1O. The van der Waals surface area contributed by atoms with Gasteiger partial charge in [-0.15, -0.1) is 0 Å². The van der Waals surface area contributed by atoms with Gasteiger partial charge >= 0.3 is 5.69 Å². The van der Waals surface area contributed by atoms with Crippen LogP contribution < -0.4 is 4.74 Å². The molecule has 2 aromatic carbocycles. The molecule has 0 bridgehead atoms. The molecule has 0 aliphatic rings. The number of aromatic hydroxyl groups is 1. The summed E-state index contributed by atoms with van der Waals surface area (Å²) in [5, 5.41) is 31.7. The van der Waals surface area contributed by atoms with E-state index in [1.165, 1.54) is 37.5 Å². The molecule has 134 valence electrons. The van der Waals surface area contributed by atoms with Crippen molar-refractivity contribution in [3.63, 3.8) is 0 Å². The summed E-state index contributed by atoms with van der Waals surface area (Å²) in [6.07, 6.45) is 2.42. The second-order valence-corrected chi connectivity index (χ2v) is 5.30. The molecule has 0 heterocycles. The van der Waals surface area contributed by atoms with Crippen LogP contribution in [0.4, 0.5) is 11.4 Å². The summed E-state index contributed by atoms with van der Waals surface area (Å²) in [6.45, 7) is 1.56. The van der Waals surface area contributed by atoms with E-state index in [0.717, 1.165) is 12.1 Å². The summed E-state index contributed by atoms with van der Waals surface area (Å²) in [7, 11) is 1.24. The van der Waals surface area contributed by atoms with Crippen LogP contribution >= 0.6 is 0 Å². The zero-order valence-corrected chi connectivity index (χ0v) is 13.8. The van der Waals surface area contributed by atoms with E-state index in [1.807, 2.05) is 0 Å². The molecule has 26 heavy (non-hydrogen) atoms. The number of hydrogen-bond acceptors (Lipinski definition) is 7. The molecule has 2 aromatic rings. The number of carbonyl (C=O) groups is 1. The standard InChI is InChI=1S/C17H14N2O7/c1-10-3-5-12(9-13(10)18(22)23)15(20)6-4-11-7-14(19(24)25)17(21)16(8-11)26-2/h3-9,21H,1-2H3. The number of allylic oxidation sites excluding steroid dienone is 1. The highest BCUT2D eigenvalue weighted by Crippen LogP contribution is 2.37. The molecule has 0 spiro atoms. The van der Waals surface area contributed by atoms with Crippen LogP contribution in [0.15, 0.2) is 36.4 Å². The van der Waals surface area contributed by atoms with Gasteiger partial charge in [0.1, 0.15) is 0 Å². The van der Waals surface area contributed by atoms with Gasteiger partial charge in [0.2, 0.25) is 5.75 Å². The monoisotopic (exact) mass is 358 g/mol. The van der Waals surface area contributed by atoms with Crippen molar-refractivity contribution in [3.8, 4) is 11.5 Å². The van der Waals surface area contributed by atoms with E-state index in [1.54, 1.807) is 6.92 Å². The smallest absolute Gasteiger partial charge is 0.315 e. The summed E-state index contributed by atoms with van der Waals surface area (Å²) in [4.78, 5) is 32.8. The van der Waals surface area contributed by atoms with Crippen LogP contribution in [-0.4, -0.2) is 27.8 Å². The molecule has 0 saturated carbocycles.